The quantitative estimate of drug-likeness (QED) is 0.852. The largest absolute Gasteiger partial charge is 0.321 e. The van der Waals surface area contributed by atoms with Crippen molar-refractivity contribution in [2.75, 3.05) is 5.32 Å². The van der Waals surface area contributed by atoms with Crippen LogP contribution in [0.4, 0.5) is 5.69 Å². The van der Waals surface area contributed by atoms with E-state index in [2.05, 4.69) is 31.3 Å². The first-order chi connectivity index (χ1) is 10.0. The minimum absolute atomic E-state index is 0.0238. The SMILES string of the molecule is Cc1cccc(NC(=O)c2cc3c(s2)CC[C@H](C)C3)c1C. The number of fused-ring (bicyclic) bond motifs is 1. The Hall–Kier alpha value is -1.61. The second-order valence-corrected chi connectivity index (χ2v) is 7.25. The summed E-state index contributed by atoms with van der Waals surface area (Å²) < 4.78 is 0. The highest BCUT2D eigenvalue weighted by Gasteiger charge is 2.20. The first-order valence-corrected chi connectivity index (χ1v) is 8.35. The molecule has 1 amide bonds. The highest BCUT2D eigenvalue weighted by atomic mass is 32.1. The third-order valence-electron chi connectivity index (χ3n) is 4.41. The number of thiophene rings is 1. The number of carbonyl (C=O) groups is 1. The molecule has 1 atom stereocenters. The van der Waals surface area contributed by atoms with Gasteiger partial charge in [0, 0.05) is 10.6 Å². The Kier molecular flexibility index (Phi) is 3.85. The number of anilines is 1. The molecule has 0 spiro atoms. The third-order valence-corrected chi connectivity index (χ3v) is 5.64. The van der Waals surface area contributed by atoms with Gasteiger partial charge in [-0.2, -0.15) is 0 Å². The van der Waals surface area contributed by atoms with E-state index in [9.17, 15) is 4.79 Å². The Labute approximate surface area is 130 Å². The fraction of sp³-hybridized carbons (Fsp3) is 0.389. The molecule has 1 aliphatic rings. The predicted octanol–water partition coefficient (Wildman–Crippen LogP) is 4.74. The Morgan fingerprint density at radius 1 is 1.33 bits per heavy atom. The Morgan fingerprint density at radius 3 is 2.95 bits per heavy atom. The number of benzene rings is 1. The lowest BCUT2D eigenvalue weighted by Gasteiger charge is -2.16. The van der Waals surface area contributed by atoms with Gasteiger partial charge in [0.15, 0.2) is 0 Å². The number of hydrogen-bond donors (Lipinski definition) is 1. The molecular formula is C18H21NOS. The van der Waals surface area contributed by atoms with Crippen molar-refractivity contribution in [2.24, 2.45) is 5.92 Å². The maximum atomic E-state index is 12.5. The Bertz CT molecular complexity index is 687. The van der Waals surface area contributed by atoms with E-state index in [-0.39, 0.29) is 5.91 Å². The first-order valence-electron chi connectivity index (χ1n) is 7.53. The molecule has 21 heavy (non-hydrogen) atoms. The maximum absolute atomic E-state index is 12.5. The first kappa shape index (κ1) is 14.3. The van der Waals surface area contributed by atoms with Crippen LogP contribution in [0.5, 0.6) is 0 Å². The Balaban J connectivity index is 1.81. The summed E-state index contributed by atoms with van der Waals surface area (Å²) in [5.74, 6) is 0.762. The summed E-state index contributed by atoms with van der Waals surface area (Å²) in [6.07, 6.45) is 3.48. The molecule has 2 nitrogen and oxygen atoms in total. The van der Waals surface area contributed by atoms with Gasteiger partial charge in [0.25, 0.3) is 5.91 Å². The van der Waals surface area contributed by atoms with E-state index >= 15 is 0 Å². The van der Waals surface area contributed by atoms with Crippen LogP contribution in [-0.2, 0) is 12.8 Å². The lowest BCUT2D eigenvalue weighted by molar-refractivity contribution is 0.103. The molecular weight excluding hydrogens is 278 g/mol. The van der Waals surface area contributed by atoms with Gasteiger partial charge in [0.1, 0.15) is 0 Å². The molecule has 110 valence electrons. The topological polar surface area (TPSA) is 29.1 Å². The van der Waals surface area contributed by atoms with E-state index in [1.54, 1.807) is 11.3 Å². The number of hydrogen-bond acceptors (Lipinski definition) is 2. The van der Waals surface area contributed by atoms with Crippen LogP contribution in [0, 0.1) is 19.8 Å². The number of rotatable bonds is 2. The molecule has 0 bridgehead atoms. The van der Waals surface area contributed by atoms with Crippen LogP contribution in [0.15, 0.2) is 24.3 Å². The molecule has 1 heterocycles. The van der Waals surface area contributed by atoms with Gasteiger partial charge >= 0.3 is 0 Å². The van der Waals surface area contributed by atoms with Crippen LogP contribution in [0.2, 0.25) is 0 Å². The molecule has 0 unspecified atom stereocenters. The fourth-order valence-corrected chi connectivity index (χ4v) is 3.99. The zero-order valence-electron chi connectivity index (χ0n) is 12.8. The molecule has 0 saturated carbocycles. The smallest absolute Gasteiger partial charge is 0.265 e. The zero-order valence-corrected chi connectivity index (χ0v) is 13.6. The molecule has 1 aromatic heterocycles. The number of amides is 1. The average Bonchev–Trinajstić information content (AvgIpc) is 2.87. The minimum atomic E-state index is 0.0238. The summed E-state index contributed by atoms with van der Waals surface area (Å²) in [7, 11) is 0. The van der Waals surface area contributed by atoms with Crippen LogP contribution in [0.3, 0.4) is 0 Å². The number of nitrogens with one attached hydrogen (secondary N) is 1. The van der Waals surface area contributed by atoms with E-state index < -0.39 is 0 Å². The van der Waals surface area contributed by atoms with Crippen molar-refractivity contribution < 1.29 is 4.79 Å². The maximum Gasteiger partial charge on any atom is 0.265 e. The summed E-state index contributed by atoms with van der Waals surface area (Å²) in [5.41, 5.74) is 4.64. The zero-order chi connectivity index (χ0) is 15.0. The molecule has 3 heteroatoms. The average molecular weight is 299 g/mol. The molecule has 0 radical (unpaired) electrons. The molecule has 0 fully saturated rings. The second-order valence-electron chi connectivity index (χ2n) is 6.11. The highest BCUT2D eigenvalue weighted by Crippen LogP contribution is 2.32. The van der Waals surface area contributed by atoms with E-state index in [0.717, 1.165) is 34.9 Å². The number of carbonyl (C=O) groups excluding carboxylic acids is 1. The van der Waals surface area contributed by atoms with Crippen LogP contribution in [0.25, 0.3) is 0 Å². The van der Waals surface area contributed by atoms with Gasteiger partial charge in [-0.1, -0.05) is 19.1 Å². The summed E-state index contributed by atoms with van der Waals surface area (Å²) in [6.45, 7) is 6.40. The molecule has 1 aliphatic carbocycles. The van der Waals surface area contributed by atoms with E-state index in [1.807, 2.05) is 19.1 Å². The predicted molar refractivity (Wildman–Crippen MR) is 89.4 cm³/mol. The second kappa shape index (κ2) is 5.64. The van der Waals surface area contributed by atoms with Crippen LogP contribution >= 0.6 is 11.3 Å². The van der Waals surface area contributed by atoms with Crippen molar-refractivity contribution in [1.29, 1.82) is 0 Å². The van der Waals surface area contributed by atoms with Gasteiger partial charge in [-0.3, -0.25) is 4.79 Å². The number of aryl methyl sites for hydroxylation is 2. The van der Waals surface area contributed by atoms with E-state index in [0.29, 0.717) is 0 Å². The van der Waals surface area contributed by atoms with Gasteiger partial charge in [-0.15, -0.1) is 11.3 Å². The lowest BCUT2D eigenvalue weighted by Crippen LogP contribution is -2.11. The normalized spacial score (nSPS) is 17.4. The van der Waals surface area contributed by atoms with E-state index in [1.165, 1.54) is 22.4 Å². The summed E-state index contributed by atoms with van der Waals surface area (Å²) in [4.78, 5) is 14.7. The van der Waals surface area contributed by atoms with Crippen LogP contribution in [0.1, 0.15) is 44.6 Å². The van der Waals surface area contributed by atoms with Crippen molar-refractivity contribution in [1.82, 2.24) is 0 Å². The minimum Gasteiger partial charge on any atom is -0.321 e. The van der Waals surface area contributed by atoms with Gasteiger partial charge in [-0.25, -0.2) is 0 Å². The van der Waals surface area contributed by atoms with Gasteiger partial charge in [0.2, 0.25) is 0 Å². The van der Waals surface area contributed by atoms with Crippen molar-refractivity contribution in [2.45, 2.75) is 40.0 Å². The fourth-order valence-electron chi connectivity index (χ4n) is 2.89. The molecule has 0 aliphatic heterocycles. The third kappa shape index (κ3) is 2.88. The van der Waals surface area contributed by atoms with Gasteiger partial charge < -0.3 is 5.32 Å². The van der Waals surface area contributed by atoms with Gasteiger partial charge in [-0.05, 0) is 67.9 Å². The van der Waals surface area contributed by atoms with Crippen LogP contribution in [-0.4, -0.2) is 5.91 Å². The Morgan fingerprint density at radius 2 is 2.14 bits per heavy atom. The van der Waals surface area contributed by atoms with Crippen molar-refractivity contribution in [3.8, 4) is 0 Å². The lowest BCUT2D eigenvalue weighted by atomic mass is 9.90. The molecule has 0 saturated heterocycles. The monoisotopic (exact) mass is 299 g/mol. The summed E-state index contributed by atoms with van der Waals surface area (Å²) in [6, 6.07) is 8.11. The molecule has 3 rings (SSSR count). The summed E-state index contributed by atoms with van der Waals surface area (Å²) >= 11 is 1.66. The van der Waals surface area contributed by atoms with E-state index in [4.69, 9.17) is 0 Å². The highest BCUT2D eigenvalue weighted by molar-refractivity contribution is 7.14. The van der Waals surface area contributed by atoms with Crippen molar-refractivity contribution in [3.63, 3.8) is 0 Å². The van der Waals surface area contributed by atoms with Gasteiger partial charge in [0.05, 0.1) is 4.88 Å². The summed E-state index contributed by atoms with van der Waals surface area (Å²) in [5, 5.41) is 3.06. The molecule has 1 aromatic carbocycles. The van der Waals surface area contributed by atoms with Crippen molar-refractivity contribution >= 4 is 22.9 Å². The molecule has 1 N–H and O–H groups in total. The standard InChI is InChI=1S/C18H21NOS/c1-11-7-8-16-14(9-11)10-17(21-16)18(20)19-15-6-4-5-12(2)13(15)3/h4-6,10-11H,7-9H2,1-3H3,(H,19,20)/t11-/m0/s1. The molecule has 2 aromatic rings. The van der Waals surface area contributed by atoms with Crippen molar-refractivity contribution in [3.05, 3.63) is 50.7 Å². The van der Waals surface area contributed by atoms with Crippen LogP contribution < -0.4 is 5.32 Å².